The molecule has 0 unspecified atom stereocenters. The third-order valence-electron chi connectivity index (χ3n) is 6.73. The number of carbonyl (C=O) groups is 1. The molecule has 3 heterocycles. The second-order valence-corrected chi connectivity index (χ2v) is 10.8. The van der Waals surface area contributed by atoms with E-state index in [9.17, 15) is 13.2 Å². The van der Waals surface area contributed by atoms with Crippen molar-refractivity contribution in [3.63, 3.8) is 0 Å². The zero-order valence-corrected chi connectivity index (χ0v) is 18.8. The number of piperidine rings is 2. The molecular formula is C23H35N3O3S. The summed E-state index contributed by atoms with van der Waals surface area (Å²) in [4.78, 5) is 17.6. The van der Waals surface area contributed by atoms with Gasteiger partial charge in [-0.25, -0.2) is 8.42 Å². The molecule has 0 spiro atoms. The van der Waals surface area contributed by atoms with Crippen molar-refractivity contribution in [3.05, 3.63) is 23.8 Å². The number of hydrogen-bond donors (Lipinski definition) is 0. The summed E-state index contributed by atoms with van der Waals surface area (Å²) >= 11 is 0. The summed E-state index contributed by atoms with van der Waals surface area (Å²) in [6, 6.07) is 5.39. The average molecular weight is 434 g/mol. The van der Waals surface area contributed by atoms with Gasteiger partial charge in [0.05, 0.1) is 5.69 Å². The number of likely N-dealkylation sites (tertiary alicyclic amines) is 1. The fraction of sp³-hybridized carbons (Fsp3) is 0.696. The van der Waals surface area contributed by atoms with Crippen molar-refractivity contribution in [1.29, 1.82) is 0 Å². The summed E-state index contributed by atoms with van der Waals surface area (Å²) in [5, 5.41) is 0. The Morgan fingerprint density at radius 2 is 1.23 bits per heavy atom. The van der Waals surface area contributed by atoms with Crippen LogP contribution in [0.5, 0.6) is 0 Å². The molecule has 0 aromatic heterocycles. The summed E-state index contributed by atoms with van der Waals surface area (Å²) in [5.74, 6) is -0.0304. The molecule has 166 valence electrons. The highest BCUT2D eigenvalue weighted by Gasteiger charge is 2.31. The number of anilines is 1. The topological polar surface area (TPSA) is 60.9 Å². The summed E-state index contributed by atoms with van der Waals surface area (Å²) in [6.45, 7) is 4.43. The van der Waals surface area contributed by atoms with Crippen LogP contribution in [0.25, 0.3) is 0 Å². The molecule has 1 aromatic carbocycles. The van der Waals surface area contributed by atoms with Gasteiger partial charge in [-0.2, -0.15) is 4.31 Å². The zero-order chi connectivity index (χ0) is 21.0. The second kappa shape index (κ2) is 9.69. The third kappa shape index (κ3) is 4.67. The van der Waals surface area contributed by atoms with E-state index in [2.05, 4.69) is 4.90 Å². The molecule has 7 heteroatoms. The van der Waals surface area contributed by atoms with E-state index in [0.717, 1.165) is 89.7 Å². The first-order valence-corrected chi connectivity index (χ1v) is 13.2. The van der Waals surface area contributed by atoms with Crippen molar-refractivity contribution >= 4 is 21.6 Å². The van der Waals surface area contributed by atoms with E-state index in [1.54, 1.807) is 10.4 Å². The van der Waals surface area contributed by atoms with E-state index >= 15 is 0 Å². The van der Waals surface area contributed by atoms with Crippen LogP contribution in [-0.2, 0) is 10.0 Å². The lowest BCUT2D eigenvalue weighted by Gasteiger charge is -2.33. The molecule has 3 saturated heterocycles. The Balaban J connectivity index is 1.70. The van der Waals surface area contributed by atoms with E-state index < -0.39 is 10.0 Å². The lowest BCUT2D eigenvalue weighted by molar-refractivity contribution is 0.0761. The standard InChI is InChI=1S/C23H35N3O3S/c27-23(25-15-5-1-2-6-16-25)20-11-12-21(24-13-7-3-8-14-24)22(19-20)30(28,29)26-17-9-4-10-18-26/h11-12,19H,1-10,13-18H2. The fourth-order valence-corrected chi connectivity index (χ4v) is 6.70. The molecule has 0 aliphatic carbocycles. The Morgan fingerprint density at radius 3 is 1.87 bits per heavy atom. The molecule has 0 atom stereocenters. The first kappa shape index (κ1) is 21.6. The van der Waals surface area contributed by atoms with E-state index in [0.29, 0.717) is 23.5 Å². The molecule has 0 N–H and O–H groups in total. The number of rotatable bonds is 4. The Bertz CT molecular complexity index is 835. The second-order valence-electron chi connectivity index (χ2n) is 8.90. The molecular weight excluding hydrogens is 398 g/mol. The highest BCUT2D eigenvalue weighted by Crippen LogP contribution is 2.33. The number of hydrogen-bond acceptors (Lipinski definition) is 4. The third-order valence-corrected chi connectivity index (χ3v) is 8.66. The van der Waals surface area contributed by atoms with Gasteiger partial charge in [-0.1, -0.05) is 19.3 Å². The van der Waals surface area contributed by atoms with Crippen molar-refractivity contribution in [3.8, 4) is 0 Å². The van der Waals surface area contributed by atoms with Crippen LogP contribution in [0, 0.1) is 0 Å². The van der Waals surface area contributed by atoms with Gasteiger partial charge in [-0.15, -0.1) is 0 Å². The van der Waals surface area contributed by atoms with Gasteiger partial charge in [-0.3, -0.25) is 4.79 Å². The van der Waals surface area contributed by atoms with Gasteiger partial charge in [0, 0.05) is 44.8 Å². The zero-order valence-electron chi connectivity index (χ0n) is 18.0. The average Bonchev–Trinajstić information content (AvgIpc) is 3.09. The van der Waals surface area contributed by atoms with Crippen LogP contribution in [-0.4, -0.2) is 62.8 Å². The molecule has 0 saturated carbocycles. The number of amides is 1. The Morgan fingerprint density at radius 1 is 0.700 bits per heavy atom. The Hall–Kier alpha value is -1.60. The van der Waals surface area contributed by atoms with Crippen LogP contribution in [0.15, 0.2) is 23.1 Å². The van der Waals surface area contributed by atoms with Crippen molar-refractivity contribution in [2.24, 2.45) is 0 Å². The minimum atomic E-state index is -3.62. The van der Waals surface area contributed by atoms with Crippen LogP contribution >= 0.6 is 0 Å². The monoisotopic (exact) mass is 433 g/mol. The van der Waals surface area contributed by atoms with Crippen molar-refractivity contribution in [2.75, 3.05) is 44.2 Å². The SMILES string of the molecule is O=C(c1ccc(N2CCCCC2)c(S(=O)(=O)N2CCCCC2)c1)N1CCCCCC1. The van der Waals surface area contributed by atoms with Gasteiger partial charge >= 0.3 is 0 Å². The highest BCUT2D eigenvalue weighted by molar-refractivity contribution is 7.89. The van der Waals surface area contributed by atoms with Crippen LogP contribution in [0.1, 0.15) is 74.6 Å². The highest BCUT2D eigenvalue weighted by atomic mass is 32.2. The van der Waals surface area contributed by atoms with E-state index in [-0.39, 0.29) is 5.91 Å². The fourth-order valence-electron chi connectivity index (χ4n) is 4.95. The Labute approximate surface area is 181 Å². The predicted molar refractivity (Wildman–Crippen MR) is 119 cm³/mol. The summed E-state index contributed by atoms with van der Waals surface area (Å²) in [5.41, 5.74) is 1.28. The maximum absolute atomic E-state index is 13.6. The smallest absolute Gasteiger partial charge is 0.253 e. The summed E-state index contributed by atoms with van der Waals surface area (Å²) < 4.78 is 28.9. The molecule has 0 bridgehead atoms. The number of sulfonamides is 1. The maximum atomic E-state index is 13.6. The minimum absolute atomic E-state index is 0.0304. The van der Waals surface area contributed by atoms with Gasteiger partial charge in [0.15, 0.2) is 0 Å². The molecule has 0 radical (unpaired) electrons. The Kier molecular flexibility index (Phi) is 6.98. The van der Waals surface area contributed by atoms with E-state index in [1.165, 1.54) is 6.42 Å². The van der Waals surface area contributed by atoms with Gasteiger partial charge in [0.25, 0.3) is 5.91 Å². The molecule has 6 nitrogen and oxygen atoms in total. The number of carbonyl (C=O) groups excluding carboxylic acids is 1. The van der Waals surface area contributed by atoms with Crippen molar-refractivity contribution < 1.29 is 13.2 Å². The lowest BCUT2D eigenvalue weighted by atomic mass is 10.1. The van der Waals surface area contributed by atoms with Crippen LogP contribution in [0.3, 0.4) is 0 Å². The van der Waals surface area contributed by atoms with Gasteiger partial charge in [0.1, 0.15) is 4.90 Å². The molecule has 3 fully saturated rings. The number of nitrogens with zero attached hydrogens (tertiary/aromatic N) is 3. The normalized spacial score (nSPS) is 22.0. The summed E-state index contributed by atoms with van der Waals surface area (Å²) in [6.07, 6.45) is 10.6. The lowest BCUT2D eigenvalue weighted by Crippen LogP contribution is -2.38. The summed E-state index contributed by atoms with van der Waals surface area (Å²) in [7, 11) is -3.62. The minimum Gasteiger partial charge on any atom is -0.370 e. The molecule has 3 aliphatic rings. The van der Waals surface area contributed by atoms with Crippen LogP contribution in [0.2, 0.25) is 0 Å². The van der Waals surface area contributed by atoms with Crippen LogP contribution < -0.4 is 4.90 Å². The number of benzene rings is 1. The van der Waals surface area contributed by atoms with Gasteiger partial charge < -0.3 is 9.80 Å². The molecule has 1 amide bonds. The van der Waals surface area contributed by atoms with Gasteiger partial charge in [-0.05, 0) is 63.1 Å². The maximum Gasteiger partial charge on any atom is 0.253 e. The van der Waals surface area contributed by atoms with Gasteiger partial charge in [0.2, 0.25) is 10.0 Å². The molecule has 30 heavy (non-hydrogen) atoms. The molecule has 1 aromatic rings. The quantitative estimate of drug-likeness (QED) is 0.723. The molecule has 3 aliphatic heterocycles. The largest absolute Gasteiger partial charge is 0.370 e. The van der Waals surface area contributed by atoms with Crippen molar-refractivity contribution in [1.82, 2.24) is 9.21 Å². The molecule has 4 rings (SSSR count). The first-order valence-electron chi connectivity index (χ1n) is 11.8. The first-order chi connectivity index (χ1) is 14.6. The predicted octanol–water partition coefficient (Wildman–Crippen LogP) is 3.87. The van der Waals surface area contributed by atoms with E-state index in [1.807, 2.05) is 17.0 Å². The van der Waals surface area contributed by atoms with Crippen LogP contribution in [0.4, 0.5) is 5.69 Å². The van der Waals surface area contributed by atoms with E-state index in [4.69, 9.17) is 0 Å². The van der Waals surface area contributed by atoms with Crippen molar-refractivity contribution in [2.45, 2.75) is 69.1 Å².